The fourth-order valence-corrected chi connectivity index (χ4v) is 3.35. The second-order valence-electron chi connectivity index (χ2n) is 6.46. The normalized spacial score (nSPS) is 19.7. The van der Waals surface area contributed by atoms with Crippen LogP contribution in [0.4, 0.5) is 0 Å². The average molecular weight is 275 g/mol. The standard InChI is InChI=1S/C18H29NO/c1-14(8-9-16-10-12-18(20)13-11-16)19-15(2)17-6-4-3-5-7-17/h10-15,17,19-20H,3-9H2,1-2H3/t14?,15-/m1/s1. The van der Waals surface area contributed by atoms with E-state index in [9.17, 15) is 5.11 Å². The SMILES string of the molecule is CC(CCc1ccc(O)cc1)N[C@H](C)C1CCCCC1. The van der Waals surface area contributed by atoms with E-state index in [0.717, 1.165) is 18.8 Å². The third-order valence-electron chi connectivity index (χ3n) is 4.71. The molecule has 0 spiro atoms. The molecule has 2 N–H and O–H groups in total. The van der Waals surface area contributed by atoms with Crippen molar-refractivity contribution in [2.24, 2.45) is 5.92 Å². The fourth-order valence-electron chi connectivity index (χ4n) is 3.35. The Morgan fingerprint density at radius 2 is 1.75 bits per heavy atom. The quantitative estimate of drug-likeness (QED) is 0.812. The van der Waals surface area contributed by atoms with Crippen LogP contribution < -0.4 is 5.32 Å². The van der Waals surface area contributed by atoms with Gasteiger partial charge < -0.3 is 10.4 Å². The molecule has 1 saturated carbocycles. The second-order valence-corrected chi connectivity index (χ2v) is 6.46. The van der Waals surface area contributed by atoms with E-state index in [1.807, 2.05) is 12.1 Å². The number of rotatable bonds is 6. The van der Waals surface area contributed by atoms with Gasteiger partial charge in [-0.2, -0.15) is 0 Å². The first kappa shape index (κ1) is 15.4. The van der Waals surface area contributed by atoms with Crippen molar-refractivity contribution in [3.05, 3.63) is 29.8 Å². The number of phenols is 1. The average Bonchev–Trinajstić information content (AvgIpc) is 2.47. The summed E-state index contributed by atoms with van der Waals surface area (Å²) in [5.41, 5.74) is 1.31. The summed E-state index contributed by atoms with van der Waals surface area (Å²) in [5, 5.41) is 13.1. The van der Waals surface area contributed by atoms with Crippen molar-refractivity contribution in [2.75, 3.05) is 0 Å². The molecule has 0 saturated heterocycles. The summed E-state index contributed by atoms with van der Waals surface area (Å²) in [5.74, 6) is 1.23. The first-order valence-corrected chi connectivity index (χ1v) is 8.19. The topological polar surface area (TPSA) is 32.3 Å². The van der Waals surface area contributed by atoms with E-state index < -0.39 is 0 Å². The van der Waals surface area contributed by atoms with E-state index >= 15 is 0 Å². The van der Waals surface area contributed by atoms with Crippen molar-refractivity contribution in [3.63, 3.8) is 0 Å². The van der Waals surface area contributed by atoms with Crippen molar-refractivity contribution in [1.29, 1.82) is 0 Å². The van der Waals surface area contributed by atoms with Gasteiger partial charge in [0, 0.05) is 12.1 Å². The minimum Gasteiger partial charge on any atom is -0.508 e. The van der Waals surface area contributed by atoms with Gasteiger partial charge in [-0.05, 0) is 63.1 Å². The summed E-state index contributed by atoms with van der Waals surface area (Å²) in [6.07, 6.45) is 9.29. The highest BCUT2D eigenvalue weighted by atomic mass is 16.3. The monoisotopic (exact) mass is 275 g/mol. The molecule has 0 aromatic heterocycles. The van der Waals surface area contributed by atoms with E-state index in [0.29, 0.717) is 17.8 Å². The molecule has 2 atom stereocenters. The Bertz CT molecular complexity index is 381. The zero-order valence-corrected chi connectivity index (χ0v) is 12.9. The van der Waals surface area contributed by atoms with Crippen LogP contribution in [0.2, 0.25) is 0 Å². The van der Waals surface area contributed by atoms with Gasteiger partial charge in [0.15, 0.2) is 0 Å². The molecule has 2 heteroatoms. The molecule has 1 fully saturated rings. The van der Waals surface area contributed by atoms with Gasteiger partial charge in [0.1, 0.15) is 5.75 Å². The third kappa shape index (κ3) is 4.82. The highest BCUT2D eigenvalue weighted by molar-refractivity contribution is 5.25. The zero-order chi connectivity index (χ0) is 14.4. The summed E-state index contributed by atoms with van der Waals surface area (Å²) in [7, 11) is 0. The zero-order valence-electron chi connectivity index (χ0n) is 12.9. The number of benzene rings is 1. The van der Waals surface area contributed by atoms with Gasteiger partial charge in [-0.1, -0.05) is 31.4 Å². The Kier molecular flexibility index (Phi) is 5.90. The minimum absolute atomic E-state index is 0.353. The highest BCUT2D eigenvalue weighted by Crippen LogP contribution is 2.26. The lowest BCUT2D eigenvalue weighted by atomic mass is 9.84. The number of hydrogen-bond donors (Lipinski definition) is 2. The van der Waals surface area contributed by atoms with Crippen LogP contribution >= 0.6 is 0 Å². The predicted octanol–water partition coefficient (Wildman–Crippen LogP) is 4.27. The van der Waals surface area contributed by atoms with Crippen molar-refractivity contribution in [1.82, 2.24) is 5.32 Å². The number of hydrogen-bond acceptors (Lipinski definition) is 2. The molecule has 2 rings (SSSR count). The van der Waals surface area contributed by atoms with E-state index in [4.69, 9.17) is 0 Å². The molecular formula is C18H29NO. The maximum Gasteiger partial charge on any atom is 0.115 e. The van der Waals surface area contributed by atoms with E-state index in [1.54, 1.807) is 12.1 Å². The van der Waals surface area contributed by atoms with E-state index in [2.05, 4.69) is 19.2 Å². The lowest BCUT2D eigenvalue weighted by Crippen LogP contribution is -2.40. The van der Waals surface area contributed by atoms with E-state index in [1.165, 1.54) is 37.7 Å². The van der Waals surface area contributed by atoms with Gasteiger partial charge >= 0.3 is 0 Å². The lowest BCUT2D eigenvalue weighted by Gasteiger charge is -2.30. The van der Waals surface area contributed by atoms with Crippen LogP contribution in [0.1, 0.15) is 57.9 Å². The van der Waals surface area contributed by atoms with Gasteiger partial charge in [-0.15, -0.1) is 0 Å². The first-order valence-electron chi connectivity index (χ1n) is 8.19. The van der Waals surface area contributed by atoms with E-state index in [-0.39, 0.29) is 0 Å². The van der Waals surface area contributed by atoms with Gasteiger partial charge in [0.25, 0.3) is 0 Å². The van der Waals surface area contributed by atoms with Gasteiger partial charge in [-0.25, -0.2) is 0 Å². The number of aromatic hydroxyl groups is 1. The molecular weight excluding hydrogens is 246 g/mol. The summed E-state index contributed by atoms with van der Waals surface area (Å²) in [6, 6.07) is 8.79. The molecule has 2 nitrogen and oxygen atoms in total. The third-order valence-corrected chi connectivity index (χ3v) is 4.71. The Morgan fingerprint density at radius 1 is 1.10 bits per heavy atom. The molecule has 0 amide bonds. The van der Waals surface area contributed by atoms with Crippen molar-refractivity contribution in [3.8, 4) is 5.75 Å². The fraction of sp³-hybridized carbons (Fsp3) is 0.667. The molecule has 112 valence electrons. The van der Waals surface area contributed by atoms with Crippen LogP contribution in [-0.4, -0.2) is 17.2 Å². The Morgan fingerprint density at radius 3 is 2.40 bits per heavy atom. The van der Waals surface area contributed by atoms with Crippen LogP contribution in [0.5, 0.6) is 5.75 Å². The Hall–Kier alpha value is -1.02. The molecule has 1 aromatic carbocycles. The molecule has 0 radical (unpaired) electrons. The molecule has 20 heavy (non-hydrogen) atoms. The summed E-state index contributed by atoms with van der Waals surface area (Å²) < 4.78 is 0. The Labute approximate surface area is 123 Å². The molecule has 0 aliphatic heterocycles. The smallest absolute Gasteiger partial charge is 0.115 e. The summed E-state index contributed by atoms with van der Waals surface area (Å²) in [6.45, 7) is 4.65. The molecule has 0 bridgehead atoms. The van der Waals surface area contributed by atoms with Gasteiger partial charge in [0.2, 0.25) is 0 Å². The van der Waals surface area contributed by atoms with Crippen molar-refractivity contribution >= 4 is 0 Å². The van der Waals surface area contributed by atoms with Crippen molar-refractivity contribution in [2.45, 2.75) is 70.9 Å². The maximum absolute atomic E-state index is 9.28. The summed E-state index contributed by atoms with van der Waals surface area (Å²) in [4.78, 5) is 0. The highest BCUT2D eigenvalue weighted by Gasteiger charge is 2.20. The molecule has 1 aliphatic rings. The Balaban J connectivity index is 1.71. The molecule has 0 heterocycles. The van der Waals surface area contributed by atoms with Crippen LogP contribution in [0.25, 0.3) is 0 Å². The molecule has 1 aromatic rings. The lowest BCUT2D eigenvalue weighted by molar-refractivity contribution is 0.264. The number of aryl methyl sites for hydroxylation is 1. The second kappa shape index (κ2) is 7.68. The van der Waals surface area contributed by atoms with Gasteiger partial charge in [-0.3, -0.25) is 0 Å². The van der Waals surface area contributed by atoms with Crippen molar-refractivity contribution < 1.29 is 5.11 Å². The van der Waals surface area contributed by atoms with Crippen LogP contribution in [0, 0.1) is 5.92 Å². The van der Waals surface area contributed by atoms with Crippen LogP contribution in [0.15, 0.2) is 24.3 Å². The summed E-state index contributed by atoms with van der Waals surface area (Å²) >= 11 is 0. The van der Waals surface area contributed by atoms with Crippen LogP contribution in [0.3, 0.4) is 0 Å². The minimum atomic E-state index is 0.353. The molecule has 1 aliphatic carbocycles. The maximum atomic E-state index is 9.28. The number of nitrogens with one attached hydrogen (secondary N) is 1. The molecule has 1 unspecified atom stereocenters. The largest absolute Gasteiger partial charge is 0.508 e. The van der Waals surface area contributed by atoms with Crippen LogP contribution in [-0.2, 0) is 6.42 Å². The predicted molar refractivity (Wildman–Crippen MR) is 85.1 cm³/mol. The first-order chi connectivity index (χ1) is 9.65. The van der Waals surface area contributed by atoms with Gasteiger partial charge in [0.05, 0.1) is 0 Å². The number of phenolic OH excluding ortho intramolecular Hbond substituents is 1.